The zero-order chi connectivity index (χ0) is 20.3. The molecule has 0 bridgehead atoms. The number of morpholine rings is 1. The summed E-state index contributed by atoms with van der Waals surface area (Å²) in [7, 11) is 0. The molecular formula is C22H22N4O4. The van der Waals surface area contributed by atoms with Gasteiger partial charge in [-0.2, -0.15) is 0 Å². The highest BCUT2D eigenvalue weighted by Crippen LogP contribution is 2.24. The highest BCUT2D eigenvalue weighted by molar-refractivity contribution is 5.79. The number of hydrogen-bond acceptors (Lipinski definition) is 7. The van der Waals surface area contributed by atoms with Crippen LogP contribution in [0.4, 0.5) is 0 Å². The second-order valence-electron chi connectivity index (χ2n) is 7.17. The van der Waals surface area contributed by atoms with Crippen molar-refractivity contribution in [2.45, 2.75) is 0 Å². The maximum atomic E-state index is 9.58. The first-order valence-corrected chi connectivity index (χ1v) is 9.92. The Morgan fingerprint density at radius 1 is 1.17 bits per heavy atom. The van der Waals surface area contributed by atoms with Gasteiger partial charge in [0.1, 0.15) is 29.0 Å². The summed E-state index contributed by atoms with van der Waals surface area (Å²) in [5.41, 5.74) is 2.23. The molecule has 8 nitrogen and oxygen atoms in total. The van der Waals surface area contributed by atoms with Crippen molar-refractivity contribution in [2.75, 3.05) is 39.5 Å². The predicted molar refractivity (Wildman–Crippen MR) is 111 cm³/mol. The number of hydrogen-bond donors (Lipinski definition) is 1. The topological polar surface area (TPSA) is 84.7 Å². The smallest absolute Gasteiger partial charge is 0.156 e. The molecule has 30 heavy (non-hydrogen) atoms. The standard InChI is InChI=1S/C22H22N4O4/c27-24-19-13-22(20-15-26-5-1-2-16(26)14-23-20)30-21-4-3-17(12-18(19)21)29-11-8-25-6-9-28-10-7-25/h1-5,12-15,27H,6-11H2. The minimum absolute atomic E-state index is 0.402. The van der Waals surface area contributed by atoms with Crippen molar-refractivity contribution in [1.29, 1.82) is 0 Å². The van der Waals surface area contributed by atoms with Crippen molar-refractivity contribution in [3.63, 3.8) is 0 Å². The van der Waals surface area contributed by atoms with E-state index in [1.54, 1.807) is 12.3 Å². The average Bonchev–Trinajstić information content (AvgIpc) is 3.27. The van der Waals surface area contributed by atoms with E-state index in [2.05, 4.69) is 15.0 Å². The van der Waals surface area contributed by atoms with Gasteiger partial charge in [0.15, 0.2) is 5.76 Å². The summed E-state index contributed by atoms with van der Waals surface area (Å²) in [6.07, 6.45) is 5.60. The molecule has 0 amide bonds. The summed E-state index contributed by atoms with van der Waals surface area (Å²) in [5, 5.41) is 14.1. The summed E-state index contributed by atoms with van der Waals surface area (Å²) in [5.74, 6) is 1.22. The van der Waals surface area contributed by atoms with Crippen LogP contribution >= 0.6 is 0 Å². The maximum Gasteiger partial charge on any atom is 0.156 e. The molecule has 5 rings (SSSR count). The van der Waals surface area contributed by atoms with Crippen LogP contribution in [-0.2, 0) is 4.74 Å². The van der Waals surface area contributed by atoms with E-state index in [1.807, 2.05) is 47.1 Å². The van der Waals surface area contributed by atoms with E-state index < -0.39 is 0 Å². The molecule has 1 aromatic carbocycles. The molecule has 1 N–H and O–H groups in total. The maximum absolute atomic E-state index is 9.58. The van der Waals surface area contributed by atoms with Crippen molar-refractivity contribution < 1.29 is 19.1 Å². The Morgan fingerprint density at radius 3 is 2.93 bits per heavy atom. The van der Waals surface area contributed by atoms with Crippen molar-refractivity contribution >= 4 is 16.5 Å². The highest BCUT2D eigenvalue weighted by atomic mass is 16.5. The van der Waals surface area contributed by atoms with Crippen LogP contribution in [-0.4, -0.2) is 58.9 Å². The third-order valence-corrected chi connectivity index (χ3v) is 5.26. The summed E-state index contributed by atoms with van der Waals surface area (Å²) in [6.45, 7) is 4.82. The fraction of sp³-hybridized carbons (Fsp3) is 0.273. The van der Waals surface area contributed by atoms with Gasteiger partial charge in [0.2, 0.25) is 0 Å². The summed E-state index contributed by atoms with van der Waals surface area (Å²) in [4.78, 5) is 6.77. The monoisotopic (exact) mass is 406 g/mol. The van der Waals surface area contributed by atoms with Gasteiger partial charge >= 0.3 is 0 Å². The molecule has 0 saturated carbocycles. The number of nitrogens with zero attached hydrogens (tertiary/aromatic N) is 4. The highest BCUT2D eigenvalue weighted by Gasteiger charge is 2.12. The zero-order valence-corrected chi connectivity index (χ0v) is 16.4. The van der Waals surface area contributed by atoms with Gasteiger partial charge in [-0.25, -0.2) is 4.98 Å². The second kappa shape index (κ2) is 8.17. The molecule has 1 saturated heterocycles. The summed E-state index contributed by atoms with van der Waals surface area (Å²) < 4.78 is 19.3. The molecule has 8 heteroatoms. The molecule has 1 aliphatic rings. The lowest BCUT2D eigenvalue weighted by Crippen LogP contribution is -2.38. The molecule has 0 atom stereocenters. The van der Waals surface area contributed by atoms with E-state index in [0.717, 1.165) is 38.4 Å². The Labute approximate surface area is 172 Å². The van der Waals surface area contributed by atoms with Crippen LogP contribution in [0, 0.1) is 0 Å². The molecule has 1 fully saturated rings. The molecule has 0 aliphatic carbocycles. The van der Waals surface area contributed by atoms with Crippen LogP contribution in [0.1, 0.15) is 0 Å². The second-order valence-corrected chi connectivity index (χ2v) is 7.17. The van der Waals surface area contributed by atoms with Crippen molar-refractivity contribution in [1.82, 2.24) is 14.3 Å². The molecular weight excluding hydrogens is 384 g/mol. The lowest BCUT2D eigenvalue weighted by atomic mass is 10.2. The zero-order valence-electron chi connectivity index (χ0n) is 16.4. The lowest BCUT2D eigenvalue weighted by molar-refractivity contribution is 0.0322. The third-order valence-electron chi connectivity index (χ3n) is 5.26. The largest absolute Gasteiger partial charge is 0.492 e. The minimum atomic E-state index is 0.402. The van der Waals surface area contributed by atoms with E-state index >= 15 is 0 Å². The molecule has 4 aromatic rings. The van der Waals surface area contributed by atoms with Gasteiger partial charge in [0.25, 0.3) is 0 Å². The molecule has 1 aliphatic heterocycles. The van der Waals surface area contributed by atoms with E-state index in [0.29, 0.717) is 40.1 Å². The van der Waals surface area contributed by atoms with Crippen LogP contribution in [0.2, 0.25) is 0 Å². The van der Waals surface area contributed by atoms with Crippen LogP contribution < -0.4 is 10.1 Å². The average molecular weight is 406 g/mol. The third kappa shape index (κ3) is 3.74. The lowest BCUT2D eigenvalue weighted by Gasteiger charge is -2.26. The van der Waals surface area contributed by atoms with Gasteiger partial charge in [0, 0.05) is 38.1 Å². The van der Waals surface area contributed by atoms with Gasteiger partial charge < -0.3 is 23.5 Å². The fourth-order valence-corrected chi connectivity index (χ4v) is 3.63. The van der Waals surface area contributed by atoms with Crippen molar-refractivity contribution in [2.24, 2.45) is 5.16 Å². The number of rotatable bonds is 5. The van der Waals surface area contributed by atoms with Crippen LogP contribution in [0.15, 0.2) is 64.6 Å². The molecule has 0 radical (unpaired) electrons. The normalized spacial score (nSPS) is 15.8. The SMILES string of the molecule is ON=c1cc(-c2cn3cccc3cn2)oc2ccc(OCCN3CCOCC3)cc12. The van der Waals surface area contributed by atoms with E-state index in [1.165, 1.54) is 0 Å². The summed E-state index contributed by atoms with van der Waals surface area (Å²) in [6, 6.07) is 11.1. The Bertz CT molecular complexity index is 1240. The van der Waals surface area contributed by atoms with E-state index in [-0.39, 0.29) is 0 Å². The van der Waals surface area contributed by atoms with Gasteiger partial charge in [-0.1, -0.05) is 5.16 Å². The first-order chi connectivity index (χ1) is 14.8. The van der Waals surface area contributed by atoms with E-state index in [9.17, 15) is 5.21 Å². The van der Waals surface area contributed by atoms with Gasteiger partial charge in [-0.3, -0.25) is 4.90 Å². The molecule has 154 valence electrons. The number of benzene rings is 1. The van der Waals surface area contributed by atoms with E-state index in [4.69, 9.17) is 13.9 Å². The number of ether oxygens (including phenoxy) is 2. The fourth-order valence-electron chi connectivity index (χ4n) is 3.63. The first kappa shape index (κ1) is 18.7. The molecule has 0 unspecified atom stereocenters. The Hall–Kier alpha value is -3.36. The molecule has 0 spiro atoms. The minimum Gasteiger partial charge on any atom is -0.492 e. The predicted octanol–water partition coefficient (Wildman–Crippen LogP) is 2.75. The number of fused-ring (bicyclic) bond motifs is 2. The van der Waals surface area contributed by atoms with Crippen LogP contribution in [0.3, 0.4) is 0 Å². The first-order valence-electron chi connectivity index (χ1n) is 9.92. The van der Waals surface area contributed by atoms with Gasteiger partial charge in [-0.05, 0) is 30.3 Å². The Balaban J connectivity index is 1.40. The Morgan fingerprint density at radius 2 is 2.07 bits per heavy atom. The van der Waals surface area contributed by atoms with Crippen molar-refractivity contribution in [3.8, 4) is 17.2 Å². The molecule has 3 aromatic heterocycles. The number of aromatic nitrogens is 2. The molecule has 4 heterocycles. The van der Waals surface area contributed by atoms with Gasteiger partial charge in [0.05, 0.1) is 30.3 Å². The van der Waals surface area contributed by atoms with Crippen molar-refractivity contribution in [3.05, 3.63) is 60.3 Å². The van der Waals surface area contributed by atoms with Crippen LogP contribution in [0.5, 0.6) is 5.75 Å². The van der Waals surface area contributed by atoms with Crippen LogP contribution in [0.25, 0.3) is 27.9 Å². The Kier molecular flexibility index (Phi) is 5.08. The van der Waals surface area contributed by atoms with Gasteiger partial charge in [-0.15, -0.1) is 0 Å². The summed E-state index contributed by atoms with van der Waals surface area (Å²) >= 11 is 0. The quantitative estimate of drug-likeness (QED) is 0.405.